The molecule has 4 atom stereocenters. The van der Waals surface area contributed by atoms with Crippen LogP contribution in [0.5, 0.6) is 5.75 Å². The maximum absolute atomic E-state index is 13.7. The van der Waals surface area contributed by atoms with E-state index in [-0.39, 0.29) is 11.8 Å². The summed E-state index contributed by atoms with van der Waals surface area (Å²) < 4.78 is 8.19. The van der Waals surface area contributed by atoms with Gasteiger partial charge in [-0.2, -0.15) is 15.4 Å². The van der Waals surface area contributed by atoms with Crippen LogP contribution in [0, 0.1) is 23.7 Å². The first kappa shape index (κ1) is 22.3. The van der Waals surface area contributed by atoms with Crippen molar-refractivity contribution in [3.63, 3.8) is 0 Å². The highest BCUT2D eigenvalue weighted by molar-refractivity contribution is 6.03. The van der Waals surface area contributed by atoms with Crippen LogP contribution in [0.2, 0.25) is 0 Å². The number of benzene rings is 2. The lowest BCUT2D eigenvalue weighted by Crippen LogP contribution is -2.44. The molecular formula is C28H30N6O3. The third-order valence-electron chi connectivity index (χ3n) is 8.83. The second-order valence-corrected chi connectivity index (χ2v) is 10.5. The number of fused-ring (bicyclic) bond motifs is 6. The molecule has 3 aliphatic rings. The van der Waals surface area contributed by atoms with Gasteiger partial charge >= 0.3 is 0 Å². The molecule has 2 aliphatic heterocycles. The SMILES string of the molecule is CCOc1c(C(=O)N2C[C@@H]3[C@H]4CN(C(=O)c5ccc6n[nH]nc6c5)C[C@H]4[C@@H]3C2)ccc2c1ccn2CC. The Hall–Kier alpha value is -3.88. The summed E-state index contributed by atoms with van der Waals surface area (Å²) in [5.74, 6) is 2.60. The molecule has 1 aliphatic carbocycles. The van der Waals surface area contributed by atoms with Crippen molar-refractivity contribution >= 4 is 33.8 Å². The zero-order chi connectivity index (χ0) is 25.3. The predicted octanol–water partition coefficient (Wildman–Crippen LogP) is 3.42. The van der Waals surface area contributed by atoms with Crippen molar-refractivity contribution in [1.82, 2.24) is 29.8 Å². The molecule has 4 aromatic rings. The van der Waals surface area contributed by atoms with Crippen LogP contribution in [-0.2, 0) is 6.54 Å². The molecule has 2 aromatic heterocycles. The standard InChI is InChI=1S/C28H30N6O3/c1-3-32-10-9-17-25(32)8-6-18(26(17)37-4-2)28(36)34-14-21-19-12-33(13-20(19)22(21)15-34)27(35)16-5-7-23-24(11-16)30-31-29-23/h5-11,19-22H,3-4,12-15H2,1-2H3,(H,29,30,31)/t19-,20+,21+,22-. The molecule has 2 aromatic carbocycles. The summed E-state index contributed by atoms with van der Waals surface area (Å²) in [4.78, 5) is 30.9. The lowest BCUT2D eigenvalue weighted by Gasteiger charge is -2.42. The Kier molecular flexibility index (Phi) is 5.02. The van der Waals surface area contributed by atoms with Crippen molar-refractivity contribution in [1.29, 1.82) is 0 Å². The van der Waals surface area contributed by atoms with E-state index >= 15 is 0 Å². The smallest absolute Gasteiger partial charge is 0.257 e. The summed E-state index contributed by atoms with van der Waals surface area (Å²) in [6.45, 7) is 8.45. The van der Waals surface area contributed by atoms with Gasteiger partial charge in [-0.15, -0.1) is 0 Å². The number of aromatic amines is 1. The average Bonchev–Trinajstić information content (AvgIpc) is 3.70. The molecule has 2 saturated heterocycles. The molecular weight excluding hydrogens is 468 g/mol. The van der Waals surface area contributed by atoms with E-state index in [1.54, 1.807) is 0 Å². The summed E-state index contributed by atoms with van der Waals surface area (Å²) in [7, 11) is 0. The van der Waals surface area contributed by atoms with E-state index in [9.17, 15) is 9.59 Å². The van der Waals surface area contributed by atoms with E-state index in [0.29, 0.717) is 52.7 Å². The average molecular weight is 499 g/mol. The van der Waals surface area contributed by atoms with E-state index in [2.05, 4.69) is 33.1 Å². The minimum atomic E-state index is 0.0518. The molecule has 190 valence electrons. The fraction of sp³-hybridized carbons (Fsp3) is 0.429. The number of carbonyl (C=O) groups is 2. The van der Waals surface area contributed by atoms with Crippen molar-refractivity contribution in [2.24, 2.45) is 23.7 Å². The van der Waals surface area contributed by atoms with Crippen LogP contribution in [-0.4, -0.2) is 74.4 Å². The van der Waals surface area contributed by atoms with Crippen LogP contribution < -0.4 is 4.74 Å². The number of hydrogen-bond acceptors (Lipinski definition) is 5. The normalized spacial score (nSPS) is 24.4. The second-order valence-electron chi connectivity index (χ2n) is 10.5. The molecule has 0 radical (unpaired) electrons. The van der Waals surface area contributed by atoms with Crippen molar-refractivity contribution in [2.75, 3.05) is 32.8 Å². The van der Waals surface area contributed by atoms with E-state index in [4.69, 9.17) is 4.74 Å². The number of ether oxygens (including phenoxy) is 1. The molecule has 37 heavy (non-hydrogen) atoms. The summed E-state index contributed by atoms with van der Waals surface area (Å²) in [5, 5.41) is 11.8. The van der Waals surface area contributed by atoms with Gasteiger partial charge in [0.15, 0.2) is 0 Å². The number of H-pyrrole nitrogens is 1. The van der Waals surface area contributed by atoms with Crippen molar-refractivity contribution in [2.45, 2.75) is 20.4 Å². The van der Waals surface area contributed by atoms with Gasteiger partial charge in [-0.3, -0.25) is 9.59 Å². The quantitative estimate of drug-likeness (QED) is 0.455. The number of nitrogens with one attached hydrogen (secondary N) is 1. The maximum atomic E-state index is 13.7. The van der Waals surface area contributed by atoms with Gasteiger partial charge in [-0.1, -0.05) is 0 Å². The molecule has 1 saturated carbocycles. The largest absolute Gasteiger partial charge is 0.492 e. The monoisotopic (exact) mass is 498 g/mol. The lowest BCUT2D eigenvalue weighted by molar-refractivity contribution is 0.0629. The van der Waals surface area contributed by atoms with Crippen molar-refractivity contribution in [3.8, 4) is 5.75 Å². The van der Waals surface area contributed by atoms with Gasteiger partial charge in [-0.25, -0.2) is 0 Å². The van der Waals surface area contributed by atoms with Crippen LogP contribution in [0.4, 0.5) is 0 Å². The predicted molar refractivity (Wildman–Crippen MR) is 138 cm³/mol. The highest BCUT2D eigenvalue weighted by atomic mass is 16.5. The lowest BCUT2D eigenvalue weighted by atomic mass is 9.60. The fourth-order valence-electron chi connectivity index (χ4n) is 7.02. The third-order valence-corrected chi connectivity index (χ3v) is 8.83. The molecule has 1 N–H and O–H groups in total. The summed E-state index contributed by atoms with van der Waals surface area (Å²) >= 11 is 0. The number of aromatic nitrogens is 4. The number of hydrogen-bond donors (Lipinski definition) is 1. The number of aryl methyl sites for hydroxylation is 1. The molecule has 0 spiro atoms. The molecule has 4 heterocycles. The van der Waals surface area contributed by atoms with Crippen molar-refractivity contribution < 1.29 is 14.3 Å². The molecule has 7 rings (SSSR count). The van der Waals surface area contributed by atoms with E-state index in [1.165, 1.54) is 0 Å². The fourth-order valence-corrected chi connectivity index (χ4v) is 7.02. The molecule has 0 unspecified atom stereocenters. The van der Waals surface area contributed by atoms with Crippen molar-refractivity contribution in [3.05, 3.63) is 53.7 Å². The Morgan fingerprint density at radius 3 is 2.24 bits per heavy atom. The van der Waals surface area contributed by atoms with Gasteiger partial charge in [0.1, 0.15) is 16.8 Å². The van der Waals surface area contributed by atoms with Gasteiger partial charge in [0, 0.05) is 49.9 Å². The highest BCUT2D eigenvalue weighted by Crippen LogP contribution is 2.54. The first-order chi connectivity index (χ1) is 18.1. The molecule has 9 heteroatoms. The summed E-state index contributed by atoms with van der Waals surface area (Å²) in [6.07, 6.45) is 2.05. The van der Waals surface area contributed by atoms with Crippen LogP contribution in [0.15, 0.2) is 42.6 Å². The Morgan fingerprint density at radius 1 is 0.892 bits per heavy atom. The van der Waals surface area contributed by atoms with Crippen LogP contribution in [0.1, 0.15) is 34.6 Å². The minimum absolute atomic E-state index is 0.0518. The topological polar surface area (TPSA) is 96.3 Å². The molecule has 0 bridgehead atoms. The van der Waals surface area contributed by atoms with Crippen LogP contribution >= 0.6 is 0 Å². The van der Waals surface area contributed by atoms with Gasteiger partial charge in [0.2, 0.25) is 0 Å². The number of carbonyl (C=O) groups excluding carboxylic acids is 2. The van der Waals surface area contributed by atoms with Gasteiger partial charge < -0.3 is 19.1 Å². The number of nitrogens with zero attached hydrogens (tertiary/aromatic N) is 5. The van der Waals surface area contributed by atoms with Crippen LogP contribution in [0.3, 0.4) is 0 Å². The van der Waals surface area contributed by atoms with E-state index in [0.717, 1.165) is 49.1 Å². The van der Waals surface area contributed by atoms with Gasteiger partial charge in [-0.05, 0) is 73.9 Å². The first-order valence-corrected chi connectivity index (χ1v) is 13.2. The van der Waals surface area contributed by atoms with Gasteiger partial charge in [0.05, 0.1) is 17.7 Å². The first-order valence-electron chi connectivity index (χ1n) is 13.2. The number of rotatable bonds is 5. The zero-order valence-electron chi connectivity index (χ0n) is 21.1. The third kappa shape index (κ3) is 3.29. The Balaban J connectivity index is 1.07. The summed E-state index contributed by atoms with van der Waals surface area (Å²) in [6, 6.07) is 11.5. The summed E-state index contributed by atoms with van der Waals surface area (Å²) in [5.41, 5.74) is 3.85. The Bertz CT molecular complexity index is 1520. The van der Waals surface area contributed by atoms with E-state index in [1.807, 2.05) is 53.1 Å². The zero-order valence-corrected chi connectivity index (χ0v) is 21.1. The second kappa shape index (κ2) is 8.33. The highest BCUT2D eigenvalue weighted by Gasteiger charge is 2.59. The molecule has 9 nitrogen and oxygen atoms in total. The minimum Gasteiger partial charge on any atom is -0.492 e. The van der Waals surface area contributed by atoms with Gasteiger partial charge in [0.25, 0.3) is 11.8 Å². The molecule has 3 fully saturated rings. The number of amides is 2. The maximum Gasteiger partial charge on any atom is 0.257 e. The van der Waals surface area contributed by atoms with Crippen LogP contribution in [0.25, 0.3) is 21.9 Å². The molecule has 2 amide bonds. The number of likely N-dealkylation sites (tertiary alicyclic amines) is 2. The Morgan fingerprint density at radius 2 is 1.57 bits per heavy atom. The Labute approximate surface area is 214 Å². The van der Waals surface area contributed by atoms with E-state index < -0.39 is 0 Å².